The van der Waals surface area contributed by atoms with Gasteiger partial charge in [-0.05, 0) is 55.7 Å². The van der Waals surface area contributed by atoms with Crippen molar-refractivity contribution in [2.75, 3.05) is 27.7 Å². The normalized spacial score (nSPS) is 13.9. The average molecular weight is 405 g/mol. The lowest BCUT2D eigenvalue weighted by Crippen LogP contribution is -2.36. The highest BCUT2D eigenvalue weighted by atomic mass is 32.2. The minimum absolute atomic E-state index is 0.0350. The van der Waals surface area contributed by atoms with Gasteiger partial charge >= 0.3 is 0 Å². The van der Waals surface area contributed by atoms with E-state index in [1.165, 1.54) is 4.31 Å². The van der Waals surface area contributed by atoms with Crippen LogP contribution in [0.15, 0.2) is 53.4 Å². The largest absolute Gasteiger partial charge is 0.326 e. The van der Waals surface area contributed by atoms with Crippen LogP contribution in [0.3, 0.4) is 0 Å². The summed E-state index contributed by atoms with van der Waals surface area (Å²) in [4.78, 5) is 13.4. The number of sulfonamides is 1. The highest BCUT2D eigenvalue weighted by Gasteiger charge is 2.26. The van der Waals surface area contributed by atoms with Crippen LogP contribution < -0.4 is 9.62 Å². The van der Waals surface area contributed by atoms with Crippen LogP contribution in [0.5, 0.6) is 0 Å². The molecule has 1 amide bonds. The summed E-state index contributed by atoms with van der Waals surface area (Å²) in [6.45, 7) is 2.18. The molecule has 5 nitrogen and oxygen atoms in total. The van der Waals surface area contributed by atoms with Gasteiger partial charge in [-0.25, -0.2) is 8.42 Å². The maximum Gasteiger partial charge on any atom is 0.234 e. The van der Waals surface area contributed by atoms with Crippen LogP contribution in [0.25, 0.3) is 0 Å². The molecule has 1 heterocycles. The Morgan fingerprint density at radius 1 is 1.19 bits per heavy atom. The molecule has 2 aromatic rings. The fraction of sp³-hybridized carbons (Fsp3) is 0.350. The molecule has 7 heteroatoms. The predicted molar refractivity (Wildman–Crippen MR) is 112 cm³/mol. The quantitative estimate of drug-likeness (QED) is 0.711. The van der Waals surface area contributed by atoms with Crippen LogP contribution in [0.1, 0.15) is 25.3 Å². The number of hydrogen-bond donors (Lipinski definition) is 1. The Hall–Kier alpha value is -1.99. The van der Waals surface area contributed by atoms with Crippen molar-refractivity contribution in [1.82, 2.24) is 0 Å². The highest BCUT2D eigenvalue weighted by molar-refractivity contribution is 7.99. The van der Waals surface area contributed by atoms with Gasteiger partial charge < -0.3 is 5.32 Å². The molecule has 1 N–H and O–H groups in total. The monoisotopic (exact) mass is 404 g/mol. The summed E-state index contributed by atoms with van der Waals surface area (Å²) in [6.07, 6.45) is 2.03. The summed E-state index contributed by atoms with van der Waals surface area (Å²) in [5.74, 6) is 0.764. The molecule has 1 aliphatic heterocycles. The number of carbonyl (C=O) groups excluding carboxylic acids is 1. The Bertz CT molecular complexity index is 899. The fourth-order valence-corrected chi connectivity index (χ4v) is 5.16. The van der Waals surface area contributed by atoms with Crippen LogP contribution in [0.2, 0.25) is 0 Å². The van der Waals surface area contributed by atoms with Gasteiger partial charge in [-0.1, -0.05) is 18.2 Å². The van der Waals surface area contributed by atoms with Gasteiger partial charge in [-0.3, -0.25) is 9.10 Å². The maximum absolute atomic E-state index is 12.3. The van der Waals surface area contributed by atoms with Gasteiger partial charge in [0, 0.05) is 29.3 Å². The van der Waals surface area contributed by atoms with Crippen LogP contribution >= 0.6 is 11.8 Å². The fourth-order valence-electron chi connectivity index (χ4n) is 3.09. The number of fused-ring (bicyclic) bond motifs is 1. The Morgan fingerprint density at radius 3 is 2.70 bits per heavy atom. The zero-order valence-electron chi connectivity index (χ0n) is 15.3. The van der Waals surface area contributed by atoms with E-state index in [4.69, 9.17) is 0 Å². The molecule has 0 aliphatic carbocycles. The van der Waals surface area contributed by atoms with E-state index in [2.05, 4.69) is 5.32 Å². The minimum atomic E-state index is -3.27. The lowest BCUT2D eigenvalue weighted by Gasteiger charge is -2.30. The molecule has 0 aromatic heterocycles. The number of amides is 1. The third kappa shape index (κ3) is 5.05. The molecule has 144 valence electrons. The van der Waals surface area contributed by atoms with E-state index in [-0.39, 0.29) is 11.7 Å². The number of nitrogens with zero attached hydrogens (tertiary/aromatic N) is 1. The van der Waals surface area contributed by atoms with E-state index in [9.17, 15) is 13.2 Å². The van der Waals surface area contributed by atoms with Crippen LogP contribution in [-0.2, 0) is 21.2 Å². The van der Waals surface area contributed by atoms with Gasteiger partial charge in [-0.15, -0.1) is 11.8 Å². The number of aryl methyl sites for hydroxylation is 1. The van der Waals surface area contributed by atoms with Crippen molar-refractivity contribution in [2.24, 2.45) is 0 Å². The number of nitrogens with one attached hydrogen (secondary N) is 1. The number of anilines is 2. The second-order valence-electron chi connectivity index (χ2n) is 6.38. The molecule has 0 spiro atoms. The van der Waals surface area contributed by atoms with Gasteiger partial charge in [0.1, 0.15) is 0 Å². The second kappa shape index (κ2) is 8.80. The molecule has 2 aromatic carbocycles. The summed E-state index contributed by atoms with van der Waals surface area (Å²) in [5.41, 5.74) is 2.43. The van der Waals surface area contributed by atoms with E-state index in [1.807, 2.05) is 36.4 Å². The van der Waals surface area contributed by atoms with E-state index < -0.39 is 10.0 Å². The first-order valence-electron chi connectivity index (χ1n) is 9.10. The Labute approximate surface area is 165 Å². The van der Waals surface area contributed by atoms with Crippen LogP contribution in [0, 0.1) is 0 Å². The van der Waals surface area contributed by atoms with Crippen molar-refractivity contribution in [3.63, 3.8) is 0 Å². The highest BCUT2D eigenvalue weighted by Crippen LogP contribution is 2.31. The Kier molecular flexibility index (Phi) is 6.44. The topological polar surface area (TPSA) is 66.5 Å². The number of benzene rings is 2. The van der Waals surface area contributed by atoms with Crippen molar-refractivity contribution < 1.29 is 13.2 Å². The van der Waals surface area contributed by atoms with Crippen LogP contribution in [-0.4, -0.2) is 32.4 Å². The molecular weight excluding hydrogens is 380 g/mol. The SMILES string of the molecule is CCS(=O)(=O)N1CCCc2cc(NC(=O)CCSc3ccccc3)ccc21. The Morgan fingerprint density at radius 2 is 1.96 bits per heavy atom. The van der Waals surface area contributed by atoms with E-state index in [1.54, 1.807) is 30.8 Å². The van der Waals surface area contributed by atoms with Gasteiger partial charge in [0.25, 0.3) is 0 Å². The zero-order chi connectivity index (χ0) is 19.3. The molecule has 3 rings (SSSR count). The molecule has 0 saturated heterocycles. The molecule has 0 radical (unpaired) electrons. The average Bonchev–Trinajstić information content (AvgIpc) is 2.68. The number of hydrogen-bond acceptors (Lipinski definition) is 4. The van der Waals surface area contributed by atoms with Gasteiger partial charge in [-0.2, -0.15) is 0 Å². The molecule has 1 aliphatic rings. The molecule has 27 heavy (non-hydrogen) atoms. The van der Waals surface area contributed by atoms with E-state index in [0.717, 1.165) is 34.7 Å². The standard InChI is InChI=1S/C20H24N2O3S2/c1-2-27(24,25)22-13-6-7-16-15-17(10-11-19(16)22)21-20(23)12-14-26-18-8-4-3-5-9-18/h3-5,8-11,15H,2,6-7,12-14H2,1H3,(H,21,23). The molecule has 0 saturated carbocycles. The van der Waals surface area contributed by atoms with Crippen molar-refractivity contribution in [3.05, 3.63) is 54.1 Å². The second-order valence-corrected chi connectivity index (χ2v) is 9.73. The summed E-state index contributed by atoms with van der Waals surface area (Å²) >= 11 is 1.65. The lowest BCUT2D eigenvalue weighted by molar-refractivity contribution is -0.115. The maximum atomic E-state index is 12.3. The van der Waals surface area contributed by atoms with Crippen molar-refractivity contribution in [2.45, 2.75) is 31.1 Å². The molecule has 0 atom stereocenters. The van der Waals surface area contributed by atoms with Crippen molar-refractivity contribution in [3.8, 4) is 0 Å². The smallest absolute Gasteiger partial charge is 0.234 e. The van der Waals surface area contributed by atoms with Crippen molar-refractivity contribution in [1.29, 1.82) is 0 Å². The summed E-state index contributed by atoms with van der Waals surface area (Å²) in [5, 5.41) is 2.93. The van der Waals surface area contributed by atoms with E-state index in [0.29, 0.717) is 18.7 Å². The zero-order valence-corrected chi connectivity index (χ0v) is 17.0. The third-order valence-electron chi connectivity index (χ3n) is 4.48. The lowest BCUT2D eigenvalue weighted by atomic mass is 10.0. The first-order valence-corrected chi connectivity index (χ1v) is 11.7. The van der Waals surface area contributed by atoms with E-state index >= 15 is 0 Å². The molecular formula is C20H24N2O3S2. The first kappa shape index (κ1) is 19.8. The number of carbonyl (C=O) groups is 1. The van der Waals surface area contributed by atoms with Gasteiger partial charge in [0.2, 0.25) is 15.9 Å². The summed E-state index contributed by atoms with van der Waals surface area (Å²) in [7, 11) is -3.27. The predicted octanol–water partition coefficient (Wildman–Crippen LogP) is 3.91. The molecule has 0 bridgehead atoms. The molecule has 0 unspecified atom stereocenters. The molecule has 0 fully saturated rings. The summed E-state index contributed by atoms with van der Waals surface area (Å²) in [6, 6.07) is 15.5. The van der Waals surface area contributed by atoms with Crippen LogP contribution in [0.4, 0.5) is 11.4 Å². The van der Waals surface area contributed by atoms with Crippen molar-refractivity contribution >= 4 is 39.1 Å². The van der Waals surface area contributed by atoms with Gasteiger partial charge in [0.05, 0.1) is 11.4 Å². The minimum Gasteiger partial charge on any atom is -0.326 e. The number of thioether (sulfide) groups is 1. The third-order valence-corrected chi connectivity index (χ3v) is 7.28. The summed E-state index contributed by atoms with van der Waals surface area (Å²) < 4.78 is 26.0. The van der Waals surface area contributed by atoms with Gasteiger partial charge in [0.15, 0.2) is 0 Å². The first-order chi connectivity index (χ1) is 13.0. The Balaban J connectivity index is 1.61. The number of rotatable bonds is 7.